The summed E-state index contributed by atoms with van der Waals surface area (Å²) in [6.45, 7) is 1.48. The average Bonchev–Trinajstić information content (AvgIpc) is 3.27. The number of anilines is 2. The summed E-state index contributed by atoms with van der Waals surface area (Å²) < 4.78 is 1.87. The molecule has 0 saturated heterocycles. The summed E-state index contributed by atoms with van der Waals surface area (Å²) in [4.78, 5) is 23.7. The van der Waals surface area contributed by atoms with E-state index in [-0.39, 0.29) is 11.8 Å². The normalized spacial score (nSPS) is 10.5. The van der Waals surface area contributed by atoms with Gasteiger partial charge in [0.05, 0.1) is 5.69 Å². The first kappa shape index (κ1) is 21.3. The minimum Gasteiger partial charge on any atom is -0.326 e. The van der Waals surface area contributed by atoms with Crippen molar-refractivity contribution in [2.45, 2.75) is 17.8 Å². The number of rotatable bonds is 7. The van der Waals surface area contributed by atoms with E-state index in [4.69, 9.17) is 0 Å². The fourth-order valence-electron chi connectivity index (χ4n) is 3.06. The molecule has 1 heterocycles. The second-order valence-electron chi connectivity index (χ2n) is 7.02. The van der Waals surface area contributed by atoms with Crippen molar-refractivity contribution >= 4 is 35.0 Å². The Hall–Kier alpha value is -3.91. The van der Waals surface area contributed by atoms with Gasteiger partial charge in [-0.3, -0.25) is 14.2 Å². The zero-order valence-corrected chi connectivity index (χ0v) is 18.2. The number of para-hydroxylation sites is 1. The van der Waals surface area contributed by atoms with E-state index < -0.39 is 0 Å². The molecule has 0 fully saturated rings. The molecule has 8 heteroatoms. The fraction of sp³-hybridized carbons (Fsp3) is 0.0833. The monoisotopic (exact) mass is 443 g/mol. The summed E-state index contributed by atoms with van der Waals surface area (Å²) >= 11 is 1.54. The summed E-state index contributed by atoms with van der Waals surface area (Å²) in [5.41, 5.74) is 3.99. The number of thioether (sulfide) groups is 1. The van der Waals surface area contributed by atoms with E-state index >= 15 is 0 Å². The van der Waals surface area contributed by atoms with Crippen LogP contribution in [0.5, 0.6) is 0 Å². The van der Waals surface area contributed by atoms with Crippen LogP contribution in [-0.2, 0) is 10.5 Å². The number of hydrogen-bond donors (Lipinski definition) is 2. The molecule has 0 unspecified atom stereocenters. The molecule has 2 N–H and O–H groups in total. The van der Waals surface area contributed by atoms with Gasteiger partial charge < -0.3 is 10.6 Å². The van der Waals surface area contributed by atoms with Gasteiger partial charge >= 0.3 is 0 Å². The van der Waals surface area contributed by atoms with E-state index in [1.165, 1.54) is 18.7 Å². The molecule has 0 aliphatic heterocycles. The number of benzene rings is 3. The second-order valence-corrected chi connectivity index (χ2v) is 7.96. The van der Waals surface area contributed by atoms with Crippen molar-refractivity contribution in [1.82, 2.24) is 14.8 Å². The standard InChI is InChI=1S/C24H21N5O2S/c1-17(30)26-21-8-5-9-22(14-21)29-16-25-28-24(29)32-15-18-10-12-19(13-11-18)23(31)27-20-6-3-2-4-7-20/h2-14,16H,15H2,1H3,(H,26,30)(H,27,31). The first-order valence-corrected chi connectivity index (χ1v) is 10.9. The van der Waals surface area contributed by atoms with Gasteiger partial charge in [-0.2, -0.15) is 0 Å². The molecule has 0 saturated carbocycles. The van der Waals surface area contributed by atoms with Gasteiger partial charge in [0.2, 0.25) is 5.91 Å². The topological polar surface area (TPSA) is 88.9 Å². The average molecular weight is 444 g/mol. The third kappa shape index (κ3) is 5.41. The maximum Gasteiger partial charge on any atom is 0.255 e. The molecule has 0 radical (unpaired) electrons. The van der Waals surface area contributed by atoms with Crippen LogP contribution in [0.3, 0.4) is 0 Å². The van der Waals surface area contributed by atoms with E-state index in [1.807, 2.05) is 83.4 Å². The van der Waals surface area contributed by atoms with Gasteiger partial charge in [0.1, 0.15) is 6.33 Å². The summed E-state index contributed by atoms with van der Waals surface area (Å²) in [6, 6.07) is 24.4. The van der Waals surface area contributed by atoms with Gasteiger partial charge in [-0.25, -0.2) is 0 Å². The highest BCUT2D eigenvalue weighted by Crippen LogP contribution is 2.25. The van der Waals surface area contributed by atoms with Gasteiger partial charge in [0.25, 0.3) is 5.91 Å². The van der Waals surface area contributed by atoms with Gasteiger partial charge in [0.15, 0.2) is 5.16 Å². The van der Waals surface area contributed by atoms with Gasteiger partial charge in [-0.1, -0.05) is 48.2 Å². The molecule has 0 spiro atoms. The van der Waals surface area contributed by atoms with Crippen molar-refractivity contribution in [2.24, 2.45) is 0 Å². The van der Waals surface area contributed by atoms with Crippen molar-refractivity contribution < 1.29 is 9.59 Å². The van der Waals surface area contributed by atoms with Gasteiger partial charge in [-0.05, 0) is 48.0 Å². The summed E-state index contributed by atoms with van der Waals surface area (Å²) in [5, 5.41) is 14.6. The molecular weight excluding hydrogens is 422 g/mol. The lowest BCUT2D eigenvalue weighted by atomic mass is 10.1. The molecule has 4 rings (SSSR count). The minimum atomic E-state index is -0.144. The van der Waals surface area contributed by atoms with Gasteiger partial charge in [-0.15, -0.1) is 10.2 Å². The predicted molar refractivity (Wildman–Crippen MR) is 126 cm³/mol. The summed E-state index contributed by atoms with van der Waals surface area (Å²) in [5.74, 6) is 0.403. The third-order valence-corrected chi connectivity index (χ3v) is 5.59. The molecule has 2 amide bonds. The van der Waals surface area contributed by atoms with Crippen molar-refractivity contribution in [3.63, 3.8) is 0 Å². The van der Waals surface area contributed by atoms with Crippen LogP contribution in [0.15, 0.2) is 90.3 Å². The highest BCUT2D eigenvalue weighted by atomic mass is 32.2. The van der Waals surface area contributed by atoms with Crippen LogP contribution in [0, 0.1) is 0 Å². The Morgan fingerprint density at radius 3 is 2.41 bits per heavy atom. The molecule has 4 aromatic rings. The van der Waals surface area contributed by atoms with E-state index in [9.17, 15) is 9.59 Å². The Labute approximate surface area is 189 Å². The highest BCUT2D eigenvalue weighted by Gasteiger charge is 2.10. The zero-order chi connectivity index (χ0) is 22.3. The van der Waals surface area contributed by atoms with Crippen LogP contribution in [0.2, 0.25) is 0 Å². The lowest BCUT2D eigenvalue weighted by molar-refractivity contribution is -0.114. The quantitative estimate of drug-likeness (QED) is 0.402. The van der Waals surface area contributed by atoms with Crippen LogP contribution in [0.1, 0.15) is 22.8 Å². The van der Waals surface area contributed by atoms with Crippen LogP contribution in [0.25, 0.3) is 5.69 Å². The smallest absolute Gasteiger partial charge is 0.255 e. The molecule has 0 aliphatic rings. The molecular formula is C24H21N5O2S. The number of amides is 2. The Morgan fingerprint density at radius 2 is 1.66 bits per heavy atom. The van der Waals surface area contributed by atoms with E-state index in [1.54, 1.807) is 6.33 Å². The van der Waals surface area contributed by atoms with Gasteiger partial charge in [0, 0.05) is 29.6 Å². The molecule has 0 aliphatic carbocycles. The Morgan fingerprint density at radius 1 is 0.906 bits per heavy atom. The number of nitrogens with one attached hydrogen (secondary N) is 2. The molecule has 1 aromatic heterocycles. The number of aromatic nitrogens is 3. The van der Waals surface area contributed by atoms with E-state index in [2.05, 4.69) is 20.8 Å². The van der Waals surface area contributed by atoms with E-state index in [0.717, 1.165) is 22.1 Å². The first-order valence-electron chi connectivity index (χ1n) is 9.95. The van der Waals surface area contributed by atoms with Crippen molar-refractivity contribution in [2.75, 3.05) is 10.6 Å². The predicted octanol–water partition coefficient (Wildman–Crippen LogP) is 4.77. The Kier molecular flexibility index (Phi) is 6.62. The number of hydrogen-bond acceptors (Lipinski definition) is 5. The first-order chi connectivity index (χ1) is 15.6. The van der Waals surface area contributed by atoms with Crippen LogP contribution < -0.4 is 10.6 Å². The van der Waals surface area contributed by atoms with E-state index in [0.29, 0.717) is 17.0 Å². The molecule has 0 atom stereocenters. The Bertz CT molecular complexity index is 1220. The largest absolute Gasteiger partial charge is 0.326 e. The fourth-order valence-corrected chi connectivity index (χ4v) is 3.95. The minimum absolute atomic E-state index is 0.124. The molecule has 7 nitrogen and oxygen atoms in total. The van der Waals surface area contributed by atoms with Crippen molar-refractivity contribution in [1.29, 1.82) is 0 Å². The second kappa shape index (κ2) is 9.93. The molecule has 160 valence electrons. The van der Waals surface area contributed by atoms with Crippen LogP contribution in [-0.4, -0.2) is 26.6 Å². The molecule has 0 bridgehead atoms. The van der Waals surface area contributed by atoms with Crippen LogP contribution in [0.4, 0.5) is 11.4 Å². The van der Waals surface area contributed by atoms with Crippen molar-refractivity contribution in [3.8, 4) is 5.69 Å². The molecule has 3 aromatic carbocycles. The summed E-state index contributed by atoms with van der Waals surface area (Å²) in [7, 11) is 0. The lowest BCUT2D eigenvalue weighted by Crippen LogP contribution is -2.11. The van der Waals surface area contributed by atoms with Crippen LogP contribution >= 0.6 is 11.8 Å². The summed E-state index contributed by atoms with van der Waals surface area (Å²) in [6.07, 6.45) is 1.65. The zero-order valence-electron chi connectivity index (χ0n) is 17.4. The third-order valence-electron chi connectivity index (χ3n) is 4.58. The maximum absolute atomic E-state index is 12.4. The molecule has 32 heavy (non-hydrogen) atoms. The SMILES string of the molecule is CC(=O)Nc1cccc(-n2cnnc2SCc2ccc(C(=O)Nc3ccccc3)cc2)c1. The number of nitrogens with zero attached hydrogens (tertiary/aromatic N) is 3. The Balaban J connectivity index is 1.40. The van der Waals surface area contributed by atoms with Crippen molar-refractivity contribution in [3.05, 3.63) is 96.3 Å². The lowest BCUT2D eigenvalue weighted by Gasteiger charge is -2.09. The number of carbonyl (C=O) groups is 2. The number of carbonyl (C=O) groups excluding carboxylic acids is 2. The maximum atomic E-state index is 12.4. The highest BCUT2D eigenvalue weighted by molar-refractivity contribution is 7.98.